The second-order valence-electron chi connectivity index (χ2n) is 3.35. The molecular formula is C12H10N2O2. The molecule has 4 nitrogen and oxygen atoms in total. The van der Waals surface area contributed by atoms with Gasteiger partial charge in [0.2, 0.25) is 0 Å². The molecule has 80 valence electrons. The second kappa shape index (κ2) is 4.10. The van der Waals surface area contributed by atoms with Crippen LogP contribution in [0.2, 0.25) is 0 Å². The van der Waals surface area contributed by atoms with Crippen molar-refractivity contribution in [1.82, 2.24) is 9.97 Å². The fourth-order valence-electron chi connectivity index (χ4n) is 1.41. The summed E-state index contributed by atoms with van der Waals surface area (Å²) in [7, 11) is 0. The molecule has 0 amide bonds. The van der Waals surface area contributed by atoms with E-state index in [1.807, 2.05) is 24.3 Å². The first kappa shape index (κ1) is 10.3. The molecule has 2 aromatic rings. The third kappa shape index (κ3) is 2.06. The number of aliphatic carboxylic acids is 1. The maximum absolute atomic E-state index is 10.4. The minimum atomic E-state index is -0.991. The van der Waals surface area contributed by atoms with Crippen LogP contribution in [-0.4, -0.2) is 21.0 Å². The number of carboxylic acid groups (broad SMARTS) is 1. The first-order valence-electron chi connectivity index (χ1n) is 4.81. The number of hydrogen-bond acceptors (Lipinski definition) is 3. The molecule has 0 atom stereocenters. The van der Waals surface area contributed by atoms with Crippen molar-refractivity contribution in [3.05, 3.63) is 41.7 Å². The summed E-state index contributed by atoms with van der Waals surface area (Å²) < 4.78 is 0. The normalized spacial score (nSPS) is 11.1. The van der Waals surface area contributed by atoms with Crippen LogP contribution < -0.4 is 0 Å². The number of aryl methyl sites for hydroxylation is 1. The van der Waals surface area contributed by atoms with Gasteiger partial charge in [0.05, 0.1) is 22.4 Å². The molecule has 0 aliphatic carbocycles. The van der Waals surface area contributed by atoms with Gasteiger partial charge in [0, 0.05) is 6.08 Å². The maximum atomic E-state index is 10.4. The van der Waals surface area contributed by atoms with Crippen molar-refractivity contribution in [2.75, 3.05) is 0 Å². The van der Waals surface area contributed by atoms with Crippen molar-refractivity contribution in [2.45, 2.75) is 6.92 Å². The lowest BCUT2D eigenvalue weighted by molar-refractivity contribution is -0.131. The van der Waals surface area contributed by atoms with Crippen LogP contribution in [0.15, 0.2) is 30.3 Å². The molecule has 0 bridgehead atoms. The Kier molecular flexibility index (Phi) is 2.64. The molecule has 0 unspecified atom stereocenters. The molecular weight excluding hydrogens is 204 g/mol. The highest BCUT2D eigenvalue weighted by atomic mass is 16.4. The highest BCUT2D eigenvalue weighted by Gasteiger charge is 2.01. The number of benzene rings is 1. The van der Waals surface area contributed by atoms with Gasteiger partial charge < -0.3 is 5.11 Å². The van der Waals surface area contributed by atoms with Crippen molar-refractivity contribution >= 4 is 23.1 Å². The van der Waals surface area contributed by atoms with Gasteiger partial charge in [-0.3, -0.25) is 0 Å². The highest BCUT2D eigenvalue weighted by Crippen LogP contribution is 2.12. The first-order valence-corrected chi connectivity index (χ1v) is 4.81. The topological polar surface area (TPSA) is 63.1 Å². The molecule has 4 heteroatoms. The van der Waals surface area contributed by atoms with Gasteiger partial charge in [-0.05, 0) is 25.1 Å². The minimum Gasteiger partial charge on any atom is -0.478 e. The summed E-state index contributed by atoms with van der Waals surface area (Å²) in [4.78, 5) is 19.1. The fourth-order valence-corrected chi connectivity index (χ4v) is 1.41. The zero-order valence-electron chi connectivity index (χ0n) is 8.71. The summed E-state index contributed by atoms with van der Waals surface area (Å²) >= 11 is 0. The largest absolute Gasteiger partial charge is 0.478 e. The Morgan fingerprint density at radius 1 is 1.25 bits per heavy atom. The zero-order valence-corrected chi connectivity index (χ0v) is 8.71. The van der Waals surface area contributed by atoms with E-state index in [1.165, 1.54) is 6.08 Å². The Balaban J connectivity index is 2.54. The fraction of sp³-hybridized carbons (Fsp3) is 0.0833. The Bertz CT molecular complexity index is 576. The van der Waals surface area contributed by atoms with E-state index in [0.717, 1.165) is 22.8 Å². The average molecular weight is 214 g/mol. The summed E-state index contributed by atoms with van der Waals surface area (Å²) in [5.41, 5.74) is 2.88. The molecule has 0 spiro atoms. The van der Waals surface area contributed by atoms with E-state index >= 15 is 0 Å². The van der Waals surface area contributed by atoms with Gasteiger partial charge in [-0.25, -0.2) is 14.8 Å². The quantitative estimate of drug-likeness (QED) is 0.777. The lowest BCUT2D eigenvalue weighted by atomic mass is 10.2. The van der Waals surface area contributed by atoms with Gasteiger partial charge >= 0.3 is 5.97 Å². The van der Waals surface area contributed by atoms with Gasteiger partial charge in [-0.1, -0.05) is 12.1 Å². The zero-order chi connectivity index (χ0) is 11.5. The molecule has 0 saturated carbocycles. The van der Waals surface area contributed by atoms with Crippen molar-refractivity contribution in [1.29, 1.82) is 0 Å². The third-order valence-electron chi connectivity index (χ3n) is 2.17. The molecule has 1 aromatic heterocycles. The lowest BCUT2D eigenvalue weighted by Gasteiger charge is -2.01. The molecule has 0 aliphatic heterocycles. The second-order valence-corrected chi connectivity index (χ2v) is 3.35. The van der Waals surface area contributed by atoms with Crippen LogP contribution in [0, 0.1) is 6.92 Å². The number of rotatable bonds is 2. The smallest absolute Gasteiger partial charge is 0.328 e. The summed E-state index contributed by atoms with van der Waals surface area (Å²) in [6.07, 6.45) is 2.52. The Morgan fingerprint density at radius 2 is 1.88 bits per heavy atom. The molecule has 2 rings (SSSR count). The molecule has 1 heterocycles. The number of fused-ring (bicyclic) bond motifs is 1. The minimum absolute atomic E-state index is 0.584. The van der Waals surface area contributed by atoms with Crippen LogP contribution in [0.3, 0.4) is 0 Å². The lowest BCUT2D eigenvalue weighted by Crippen LogP contribution is -1.94. The van der Waals surface area contributed by atoms with Crippen LogP contribution >= 0.6 is 0 Å². The van der Waals surface area contributed by atoms with E-state index in [1.54, 1.807) is 6.92 Å². The number of hydrogen-bond donors (Lipinski definition) is 1. The standard InChI is InChI=1S/C12H10N2O2/c1-8-9(6-7-12(15)16)14-11-5-3-2-4-10(11)13-8/h2-7H,1H3,(H,15,16). The Morgan fingerprint density at radius 3 is 2.50 bits per heavy atom. The predicted octanol–water partition coefficient (Wildman–Crippen LogP) is 2.04. The predicted molar refractivity (Wildman–Crippen MR) is 60.9 cm³/mol. The van der Waals surface area contributed by atoms with Crippen LogP contribution in [0.4, 0.5) is 0 Å². The maximum Gasteiger partial charge on any atom is 0.328 e. The Hall–Kier alpha value is -2.23. The Labute approximate surface area is 92.3 Å². The number of aromatic nitrogens is 2. The van der Waals surface area contributed by atoms with Gasteiger partial charge in [0.15, 0.2) is 0 Å². The third-order valence-corrected chi connectivity index (χ3v) is 2.17. The molecule has 0 aliphatic rings. The molecule has 16 heavy (non-hydrogen) atoms. The molecule has 0 radical (unpaired) electrons. The highest BCUT2D eigenvalue weighted by molar-refractivity contribution is 5.85. The van der Waals surface area contributed by atoms with E-state index in [-0.39, 0.29) is 0 Å². The van der Waals surface area contributed by atoms with Crippen molar-refractivity contribution < 1.29 is 9.90 Å². The van der Waals surface area contributed by atoms with E-state index < -0.39 is 5.97 Å². The van der Waals surface area contributed by atoms with Crippen LogP contribution in [0.1, 0.15) is 11.4 Å². The first-order chi connectivity index (χ1) is 7.66. The van der Waals surface area contributed by atoms with Crippen molar-refractivity contribution in [3.63, 3.8) is 0 Å². The monoisotopic (exact) mass is 214 g/mol. The van der Waals surface area contributed by atoms with E-state index in [4.69, 9.17) is 5.11 Å². The molecule has 0 fully saturated rings. The number of para-hydroxylation sites is 2. The summed E-state index contributed by atoms with van der Waals surface area (Å²) in [6.45, 7) is 1.81. The van der Waals surface area contributed by atoms with Crippen molar-refractivity contribution in [2.24, 2.45) is 0 Å². The number of carbonyl (C=O) groups is 1. The average Bonchev–Trinajstić information content (AvgIpc) is 2.26. The van der Waals surface area contributed by atoms with Crippen LogP contribution in [-0.2, 0) is 4.79 Å². The number of carboxylic acids is 1. The van der Waals surface area contributed by atoms with E-state index in [2.05, 4.69) is 9.97 Å². The molecule has 1 N–H and O–H groups in total. The van der Waals surface area contributed by atoms with Crippen LogP contribution in [0.5, 0.6) is 0 Å². The van der Waals surface area contributed by atoms with Gasteiger partial charge in [0.25, 0.3) is 0 Å². The van der Waals surface area contributed by atoms with Crippen molar-refractivity contribution in [3.8, 4) is 0 Å². The van der Waals surface area contributed by atoms with E-state index in [0.29, 0.717) is 5.69 Å². The van der Waals surface area contributed by atoms with Gasteiger partial charge in [-0.2, -0.15) is 0 Å². The van der Waals surface area contributed by atoms with Gasteiger partial charge in [0.1, 0.15) is 0 Å². The molecule has 1 aromatic carbocycles. The summed E-state index contributed by atoms with van der Waals surface area (Å²) in [6, 6.07) is 7.49. The van der Waals surface area contributed by atoms with Gasteiger partial charge in [-0.15, -0.1) is 0 Å². The van der Waals surface area contributed by atoms with Crippen LogP contribution in [0.25, 0.3) is 17.1 Å². The van der Waals surface area contributed by atoms with E-state index in [9.17, 15) is 4.79 Å². The number of nitrogens with zero attached hydrogens (tertiary/aromatic N) is 2. The molecule has 0 saturated heterocycles. The SMILES string of the molecule is Cc1nc2ccccc2nc1C=CC(=O)O. The summed E-state index contributed by atoms with van der Waals surface area (Å²) in [5.74, 6) is -0.991. The summed E-state index contributed by atoms with van der Waals surface area (Å²) in [5, 5.41) is 8.54.